The molecule has 124 valence electrons. The molecule has 3 N–H and O–H groups in total. The Morgan fingerprint density at radius 1 is 1.19 bits per heavy atom. The number of amides is 1. The molecule has 0 saturated heterocycles. The summed E-state index contributed by atoms with van der Waals surface area (Å²) in [6, 6.07) is 0.517. The smallest absolute Gasteiger partial charge is 0.407 e. The molecule has 1 aliphatic carbocycles. The molecule has 0 bridgehead atoms. The first-order valence-corrected chi connectivity index (χ1v) is 8.12. The van der Waals surface area contributed by atoms with Gasteiger partial charge in [-0.3, -0.25) is 0 Å². The van der Waals surface area contributed by atoms with E-state index in [1.807, 2.05) is 34.6 Å². The zero-order valence-electron chi connectivity index (χ0n) is 14.2. The molecule has 2 unspecified atom stereocenters. The second-order valence-electron chi connectivity index (χ2n) is 7.17. The standard InChI is InChI=1S/C16H32N2O3/c1-6-16(20,7-2)11-17-12-8-9-13(10-12)18-14(19)21-15(3,4)5/h12-13,17,20H,6-11H2,1-5H3,(H,18,19). The fourth-order valence-corrected chi connectivity index (χ4v) is 2.61. The van der Waals surface area contributed by atoms with Crippen LogP contribution >= 0.6 is 0 Å². The normalized spacial score (nSPS) is 23.1. The van der Waals surface area contributed by atoms with Crippen molar-refractivity contribution in [1.29, 1.82) is 0 Å². The Morgan fingerprint density at radius 3 is 2.29 bits per heavy atom. The summed E-state index contributed by atoms with van der Waals surface area (Å²) in [5.74, 6) is 0. The highest BCUT2D eigenvalue weighted by Gasteiger charge is 2.29. The van der Waals surface area contributed by atoms with Crippen LogP contribution in [0.3, 0.4) is 0 Å². The Balaban J connectivity index is 2.31. The van der Waals surface area contributed by atoms with Gasteiger partial charge in [0.15, 0.2) is 0 Å². The fraction of sp³-hybridized carbons (Fsp3) is 0.938. The number of carbonyl (C=O) groups is 1. The highest BCUT2D eigenvalue weighted by atomic mass is 16.6. The van der Waals surface area contributed by atoms with Gasteiger partial charge in [-0.1, -0.05) is 13.8 Å². The molecule has 0 aromatic heterocycles. The van der Waals surface area contributed by atoms with Gasteiger partial charge in [-0.2, -0.15) is 0 Å². The predicted octanol–water partition coefficient (Wildman–Crippen LogP) is 2.57. The maximum absolute atomic E-state index is 11.7. The molecule has 0 aromatic carbocycles. The van der Waals surface area contributed by atoms with E-state index in [2.05, 4.69) is 10.6 Å². The van der Waals surface area contributed by atoms with Crippen molar-refractivity contribution in [2.75, 3.05) is 6.54 Å². The van der Waals surface area contributed by atoms with E-state index < -0.39 is 11.2 Å². The van der Waals surface area contributed by atoms with Gasteiger partial charge in [0.1, 0.15) is 5.60 Å². The molecule has 0 aromatic rings. The lowest BCUT2D eigenvalue weighted by molar-refractivity contribution is 0.0298. The first-order valence-electron chi connectivity index (χ1n) is 8.12. The molecule has 1 saturated carbocycles. The third-order valence-electron chi connectivity index (χ3n) is 4.19. The van der Waals surface area contributed by atoms with Crippen molar-refractivity contribution in [3.63, 3.8) is 0 Å². The van der Waals surface area contributed by atoms with Gasteiger partial charge in [-0.05, 0) is 52.9 Å². The van der Waals surface area contributed by atoms with Gasteiger partial charge in [0.2, 0.25) is 0 Å². The van der Waals surface area contributed by atoms with Crippen LogP contribution in [0.15, 0.2) is 0 Å². The van der Waals surface area contributed by atoms with E-state index in [9.17, 15) is 9.90 Å². The summed E-state index contributed by atoms with van der Waals surface area (Å²) in [7, 11) is 0. The highest BCUT2D eigenvalue weighted by Crippen LogP contribution is 2.21. The molecular weight excluding hydrogens is 268 g/mol. The number of carbonyl (C=O) groups excluding carboxylic acids is 1. The Morgan fingerprint density at radius 2 is 1.76 bits per heavy atom. The van der Waals surface area contributed by atoms with Crippen molar-refractivity contribution in [2.45, 2.75) is 90.0 Å². The molecule has 0 heterocycles. The zero-order chi connectivity index (χ0) is 16.1. The molecular formula is C16H32N2O3. The van der Waals surface area contributed by atoms with E-state index in [0.717, 1.165) is 32.1 Å². The van der Waals surface area contributed by atoms with Crippen LogP contribution < -0.4 is 10.6 Å². The summed E-state index contributed by atoms with van der Waals surface area (Å²) in [6.45, 7) is 10.2. The van der Waals surface area contributed by atoms with Crippen LogP contribution in [0.25, 0.3) is 0 Å². The molecule has 0 aliphatic heterocycles. The maximum atomic E-state index is 11.7. The SMILES string of the molecule is CCC(O)(CC)CNC1CCC(NC(=O)OC(C)(C)C)C1. The van der Waals surface area contributed by atoms with Gasteiger partial charge in [-0.25, -0.2) is 4.79 Å². The molecule has 2 atom stereocenters. The number of hydrogen-bond acceptors (Lipinski definition) is 4. The number of aliphatic hydroxyl groups is 1. The molecule has 0 radical (unpaired) electrons. The third kappa shape index (κ3) is 6.66. The summed E-state index contributed by atoms with van der Waals surface area (Å²) < 4.78 is 5.27. The summed E-state index contributed by atoms with van der Waals surface area (Å²) in [5, 5.41) is 16.6. The van der Waals surface area contributed by atoms with Crippen molar-refractivity contribution >= 4 is 6.09 Å². The number of hydrogen-bond donors (Lipinski definition) is 3. The quantitative estimate of drug-likeness (QED) is 0.705. The monoisotopic (exact) mass is 300 g/mol. The first kappa shape index (κ1) is 18.2. The molecule has 1 amide bonds. The van der Waals surface area contributed by atoms with E-state index in [4.69, 9.17) is 4.74 Å². The van der Waals surface area contributed by atoms with Gasteiger partial charge in [0.05, 0.1) is 5.60 Å². The molecule has 5 heteroatoms. The number of rotatable bonds is 6. The van der Waals surface area contributed by atoms with E-state index >= 15 is 0 Å². The molecule has 0 spiro atoms. The fourth-order valence-electron chi connectivity index (χ4n) is 2.61. The predicted molar refractivity (Wildman–Crippen MR) is 84.3 cm³/mol. The minimum Gasteiger partial charge on any atom is -0.444 e. The number of alkyl carbamates (subject to hydrolysis) is 1. The van der Waals surface area contributed by atoms with Crippen molar-refractivity contribution in [3.05, 3.63) is 0 Å². The van der Waals surface area contributed by atoms with Gasteiger partial charge in [0, 0.05) is 18.6 Å². The average molecular weight is 300 g/mol. The molecule has 21 heavy (non-hydrogen) atoms. The van der Waals surface area contributed by atoms with Crippen molar-refractivity contribution in [3.8, 4) is 0 Å². The maximum Gasteiger partial charge on any atom is 0.407 e. The highest BCUT2D eigenvalue weighted by molar-refractivity contribution is 5.68. The molecule has 5 nitrogen and oxygen atoms in total. The summed E-state index contributed by atoms with van der Waals surface area (Å²) in [5.41, 5.74) is -1.07. The Kier molecular flexibility index (Phi) is 6.47. The lowest BCUT2D eigenvalue weighted by Gasteiger charge is -2.27. The number of ether oxygens (including phenoxy) is 1. The molecule has 1 rings (SSSR count). The van der Waals surface area contributed by atoms with Crippen molar-refractivity contribution in [2.24, 2.45) is 0 Å². The van der Waals surface area contributed by atoms with Crippen LogP contribution in [0.1, 0.15) is 66.7 Å². The van der Waals surface area contributed by atoms with Gasteiger partial charge >= 0.3 is 6.09 Å². The topological polar surface area (TPSA) is 70.6 Å². The second-order valence-corrected chi connectivity index (χ2v) is 7.17. The Bertz CT molecular complexity index is 335. The summed E-state index contributed by atoms with van der Waals surface area (Å²) in [6.07, 6.45) is 4.03. The van der Waals surface area contributed by atoms with Gasteiger partial charge < -0.3 is 20.5 Å². The first-order chi connectivity index (χ1) is 9.67. The second kappa shape index (κ2) is 7.45. The van der Waals surface area contributed by atoms with Crippen LogP contribution in [0.5, 0.6) is 0 Å². The Hall–Kier alpha value is -0.810. The van der Waals surface area contributed by atoms with Crippen LogP contribution in [-0.4, -0.2) is 41.0 Å². The Labute approximate surface area is 128 Å². The molecule has 1 aliphatic rings. The van der Waals surface area contributed by atoms with E-state index in [1.165, 1.54) is 0 Å². The molecule has 1 fully saturated rings. The van der Waals surface area contributed by atoms with Crippen LogP contribution in [-0.2, 0) is 4.74 Å². The van der Waals surface area contributed by atoms with E-state index in [0.29, 0.717) is 12.6 Å². The van der Waals surface area contributed by atoms with Gasteiger partial charge in [-0.15, -0.1) is 0 Å². The van der Waals surface area contributed by atoms with E-state index in [1.54, 1.807) is 0 Å². The minimum atomic E-state index is -0.614. The zero-order valence-corrected chi connectivity index (χ0v) is 14.2. The third-order valence-corrected chi connectivity index (χ3v) is 4.19. The summed E-state index contributed by atoms with van der Waals surface area (Å²) in [4.78, 5) is 11.7. The lowest BCUT2D eigenvalue weighted by Crippen LogP contribution is -2.44. The largest absolute Gasteiger partial charge is 0.444 e. The van der Waals surface area contributed by atoms with Gasteiger partial charge in [0.25, 0.3) is 0 Å². The van der Waals surface area contributed by atoms with Crippen molar-refractivity contribution < 1.29 is 14.6 Å². The minimum absolute atomic E-state index is 0.161. The van der Waals surface area contributed by atoms with Crippen LogP contribution in [0.4, 0.5) is 4.79 Å². The number of nitrogens with one attached hydrogen (secondary N) is 2. The van der Waals surface area contributed by atoms with E-state index in [-0.39, 0.29) is 12.1 Å². The van der Waals surface area contributed by atoms with Crippen LogP contribution in [0.2, 0.25) is 0 Å². The average Bonchev–Trinajstić information content (AvgIpc) is 2.81. The van der Waals surface area contributed by atoms with Crippen molar-refractivity contribution in [1.82, 2.24) is 10.6 Å². The van der Waals surface area contributed by atoms with Crippen LogP contribution in [0, 0.1) is 0 Å². The lowest BCUT2D eigenvalue weighted by atomic mass is 9.97. The summed E-state index contributed by atoms with van der Waals surface area (Å²) >= 11 is 0.